The second kappa shape index (κ2) is 6.45. The summed E-state index contributed by atoms with van der Waals surface area (Å²) in [6, 6.07) is 6.30. The fourth-order valence-electron chi connectivity index (χ4n) is 1.09. The molecule has 0 amide bonds. The van der Waals surface area contributed by atoms with E-state index in [9.17, 15) is 9.90 Å². The first-order valence-electron chi connectivity index (χ1n) is 4.98. The number of esters is 1. The van der Waals surface area contributed by atoms with Gasteiger partial charge >= 0.3 is 5.97 Å². The summed E-state index contributed by atoms with van der Waals surface area (Å²) in [4.78, 5) is 11.5. The lowest BCUT2D eigenvalue weighted by atomic mass is 10.2. The van der Waals surface area contributed by atoms with Gasteiger partial charge < -0.3 is 9.84 Å². The molecular weight excluding hydrogens is 204 g/mol. The number of hydrogen-bond acceptors (Lipinski definition) is 3. The van der Waals surface area contributed by atoms with E-state index in [4.69, 9.17) is 4.74 Å². The lowest BCUT2D eigenvalue weighted by molar-refractivity contribution is 0.0546. The number of allylic oxidation sites excluding steroid dienone is 3. The Morgan fingerprint density at radius 1 is 1.38 bits per heavy atom. The Labute approximate surface area is 94.7 Å². The van der Waals surface area contributed by atoms with E-state index in [1.807, 2.05) is 19.1 Å². The summed E-state index contributed by atoms with van der Waals surface area (Å²) in [5.41, 5.74) is 0.182. The van der Waals surface area contributed by atoms with Crippen LogP contribution in [0.4, 0.5) is 0 Å². The van der Waals surface area contributed by atoms with Crippen molar-refractivity contribution in [3.05, 3.63) is 54.1 Å². The maximum atomic E-state index is 11.5. The van der Waals surface area contributed by atoms with Crippen LogP contribution >= 0.6 is 0 Å². The van der Waals surface area contributed by atoms with Crippen LogP contribution in [0.25, 0.3) is 0 Å². The average molecular weight is 218 g/mol. The standard InChI is InChI=1S/C13H14O3/c1-2-3-4-7-10-16-13(15)11-8-5-6-9-12(11)14/h2-9,14H,10H2,1H3/b3-2+,7-4+. The van der Waals surface area contributed by atoms with Gasteiger partial charge in [0, 0.05) is 0 Å². The molecule has 1 N–H and O–H groups in total. The van der Waals surface area contributed by atoms with Crippen LogP contribution in [0, 0.1) is 0 Å². The Kier molecular flexibility index (Phi) is 4.86. The first kappa shape index (κ1) is 12.0. The average Bonchev–Trinajstić information content (AvgIpc) is 2.29. The highest BCUT2D eigenvalue weighted by Gasteiger charge is 2.10. The third-order valence-corrected chi connectivity index (χ3v) is 1.87. The Bertz CT molecular complexity index is 405. The van der Waals surface area contributed by atoms with Gasteiger partial charge in [0.2, 0.25) is 0 Å². The smallest absolute Gasteiger partial charge is 0.342 e. The van der Waals surface area contributed by atoms with E-state index >= 15 is 0 Å². The van der Waals surface area contributed by atoms with Crippen LogP contribution < -0.4 is 0 Å². The molecule has 0 radical (unpaired) electrons. The molecule has 16 heavy (non-hydrogen) atoms. The largest absolute Gasteiger partial charge is 0.507 e. The van der Waals surface area contributed by atoms with Crippen LogP contribution in [0.3, 0.4) is 0 Å². The molecule has 0 unspecified atom stereocenters. The van der Waals surface area contributed by atoms with Crippen molar-refractivity contribution in [3.63, 3.8) is 0 Å². The lowest BCUT2D eigenvalue weighted by Crippen LogP contribution is -2.05. The van der Waals surface area contributed by atoms with Gasteiger partial charge in [-0.3, -0.25) is 0 Å². The molecule has 1 aromatic rings. The maximum absolute atomic E-state index is 11.5. The summed E-state index contributed by atoms with van der Waals surface area (Å²) in [6.45, 7) is 2.09. The zero-order valence-electron chi connectivity index (χ0n) is 9.09. The van der Waals surface area contributed by atoms with Crippen LogP contribution in [-0.2, 0) is 4.74 Å². The van der Waals surface area contributed by atoms with E-state index in [1.165, 1.54) is 12.1 Å². The topological polar surface area (TPSA) is 46.5 Å². The molecule has 0 aliphatic heterocycles. The van der Waals surface area contributed by atoms with Crippen molar-refractivity contribution in [2.45, 2.75) is 6.92 Å². The molecule has 0 saturated heterocycles. The molecule has 3 heteroatoms. The van der Waals surface area contributed by atoms with Gasteiger partial charge in [-0.05, 0) is 25.1 Å². The molecule has 1 rings (SSSR count). The molecule has 0 saturated carbocycles. The van der Waals surface area contributed by atoms with E-state index < -0.39 is 5.97 Å². The fourth-order valence-corrected chi connectivity index (χ4v) is 1.09. The number of carbonyl (C=O) groups is 1. The number of carbonyl (C=O) groups excluding carboxylic acids is 1. The lowest BCUT2D eigenvalue weighted by Gasteiger charge is -2.03. The van der Waals surface area contributed by atoms with Crippen LogP contribution in [0.15, 0.2) is 48.6 Å². The zero-order chi connectivity index (χ0) is 11.8. The third-order valence-electron chi connectivity index (χ3n) is 1.87. The minimum Gasteiger partial charge on any atom is -0.507 e. The quantitative estimate of drug-likeness (QED) is 0.624. The van der Waals surface area contributed by atoms with E-state index in [2.05, 4.69) is 0 Å². The summed E-state index contributed by atoms with van der Waals surface area (Å²) < 4.78 is 4.94. The van der Waals surface area contributed by atoms with Gasteiger partial charge in [0.05, 0.1) is 0 Å². The number of rotatable bonds is 4. The van der Waals surface area contributed by atoms with Crippen molar-refractivity contribution in [2.75, 3.05) is 6.61 Å². The molecule has 0 heterocycles. The van der Waals surface area contributed by atoms with E-state index in [0.29, 0.717) is 0 Å². The minimum atomic E-state index is -0.525. The summed E-state index contributed by atoms with van der Waals surface area (Å²) >= 11 is 0. The van der Waals surface area contributed by atoms with Gasteiger partial charge in [-0.25, -0.2) is 4.79 Å². The summed E-state index contributed by atoms with van der Waals surface area (Å²) in [6.07, 6.45) is 7.23. The highest BCUT2D eigenvalue weighted by Crippen LogP contribution is 2.16. The van der Waals surface area contributed by atoms with Crippen molar-refractivity contribution < 1.29 is 14.6 Å². The SMILES string of the molecule is C/C=C/C=C/COC(=O)c1ccccc1O. The van der Waals surface area contributed by atoms with E-state index in [0.717, 1.165) is 0 Å². The van der Waals surface area contributed by atoms with Crippen LogP contribution in [0.2, 0.25) is 0 Å². The third kappa shape index (κ3) is 3.61. The first-order chi connectivity index (χ1) is 7.75. The highest BCUT2D eigenvalue weighted by molar-refractivity contribution is 5.92. The number of phenolic OH excluding ortho intramolecular Hbond substituents is 1. The Balaban J connectivity index is 2.50. The van der Waals surface area contributed by atoms with Gasteiger partial charge in [0.1, 0.15) is 17.9 Å². The zero-order valence-corrected chi connectivity index (χ0v) is 9.09. The molecule has 0 fully saturated rings. The number of aromatic hydroxyl groups is 1. The normalized spacial score (nSPS) is 11.1. The van der Waals surface area contributed by atoms with Gasteiger partial charge in [0.25, 0.3) is 0 Å². The predicted molar refractivity (Wildman–Crippen MR) is 62.3 cm³/mol. The Morgan fingerprint density at radius 2 is 2.12 bits per heavy atom. The summed E-state index contributed by atoms with van der Waals surface area (Å²) in [7, 11) is 0. The second-order valence-corrected chi connectivity index (χ2v) is 3.07. The van der Waals surface area contributed by atoms with Gasteiger partial charge in [0.15, 0.2) is 0 Å². The molecule has 0 atom stereocenters. The van der Waals surface area contributed by atoms with E-state index in [-0.39, 0.29) is 17.9 Å². The monoisotopic (exact) mass is 218 g/mol. The maximum Gasteiger partial charge on any atom is 0.342 e. The predicted octanol–water partition coefficient (Wildman–Crippen LogP) is 2.68. The van der Waals surface area contributed by atoms with Crippen molar-refractivity contribution in [2.24, 2.45) is 0 Å². The van der Waals surface area contributed by atoms with Crippen LogP contribution in [-0.4, -0.2) is 17.7 Å². The molecule has 84 valence electrons. The van der Waals surface area contributed by atoms with Gasteiger partial charge in [-0.1, -0.05) is 30.4 Å². The number of phenols is 1. The fraction of sp³-hybridized carbons (Fsp3) is 0.154. The highest BCUT2D eigenvalue weighted by atomic mass is 16.5. The molecule has 0 aliphatic rings. The van der Waals surface area contributed by atoms with Crippen LogP contribution in [0.5, 0.6) is 5.75 Å². The van der Waals surface area contributed by atoms with Crippen LogP contribution in [0.1, 0.15) is 17.3 Å². The number of ether oxygens (including phenoxy) is 1. The molecule has 0 bridgehead atoms. The molecule has 1 aromatic carbocycles. The number of hydrogen-bond donors (Lipinski definition) is 1. The van der Waals surface area contributed by atoms with Crippen molar-refractivity contribution in [1.29, 1.82) is 0 Å². The van der Waals surface area contributed by atoms with Gasteiger partial charge in [-0.15, -0.1) is 0 Å². The molecule has 3 nitrogen and oxygen atoms in total. The van der Waals surface area contributed by atoms with Gasteiger partial charge in [-0.2, -0.15) is 0 Å². The van der Waals surface area contributed by atoms with Crippen molar-refractivity contribution in [1.82, 2.24) is 0 Å². The minimum absolute atomic E-state index is 0.0649. The molecule has 0 aromatic heterocycles. The number of benzene rings is 1. The second-order valence-electron chi connectivity index (χ2n) is 3.07. The summed E-state index contributed by atoms with van der Waals surface area (Å²) in [5, 5.41) is 9.39. The molecule has 0 aliphatic carbocycles. The summed E-state index contributed by atoms with van der Waals surface area (Å²) in [5.74, 6) is -0.590. The Hall–Kier alpha value is -2.03. The molecule has 0 spiro atoms. The first-order valence-corrected chi connectivity index (χ1v) is 4.98. The molecular formula is C13H14O3. The van der Waals surface area contributed by atoms with Crippen molar-refractivity contribution in [3.8, 4) is 5.75 Å². The Morgan fingerprint density at radius 3 is 2.81 bits per heavy atom. The van der Waals surface area contributed by atoms with E-state index in [1.54, 1.807) is 24.3 Å². The number of para-hydroxylation sites is 1. The van der Waals surface area contributed by atoms with Crippen molar-refractivity contribution >= 4 is 5.97 Å².